The fourth-order valence-corrected chi connectivity index (χ4v) is 1.58. The third kappa shape index (κ3) is 3.57. The van der Waals surface area contributed by atoms with E-state index in [4.69, 9.17) is 0 Å². The van der Waals surface area contributed by atoms with E-state index >= 15 is 0 Å². The van der Waals surface area contributed by atoms with Crippen molar-refractivity contribution >= 4 is 18.3 Å². The fourth-order valence-electron chi connectivity index (χ4n) is 1.58. The molecule has 1 aromatic carbocycles. The van der Waals surface area contributed by atoms with Gasteiger partial charge in [-0.05, 0) is 30.2 Å². The summed E-state index contributed by atoms with van der Waals surface area (Å²) in [6, 6.07) is 11.5. The topological polar surface area (TPSA) is 42.0 Å². The zero-order valence-corrected chi connectivity index (χ0v) is 10.9. The molecule has 1 amide bonds. The highest BCUT2D eigenvalue weighted by molar-refractivity contribution is 5.93. The van der Waals surface area contributed by atoms with Crippen molar-refractivity contribution in [2.75, 3.05) is 0 Å². The minimum atomic E-state index is -0.0960. The Bertz CT molecular complexity index is 514. The lowest BCUT2D eigenvalue weighted by molar-refractivity contribution is 0.0950. The first-order valence-electron chi connectivity index (χ1n) is 5.50. The highest BCUT2D eigenvalue weighted by atomic mass is 35.5. The molecule has 4 heteroatoms. The van der Waals surface area contributed by atoms with E-state index in [1.54, 1.807) is 24.5 Å². The number of carbonyl (C=O) groups excluding carboxylic acids is 1. The number of hydrogen-bond acceptors (Lipinski definition) is 2. The Balaban J connectivity index is 0.00000162. The van der Waals surface area contributed by atoms with Gasteiger partial charge in [-0.15, -0.1) is 12.4 Å². The van der Waals surface area contributed by atoms with Crippen molar-refractivity contribution in [2.45, 2.75) is 13.5 Å². The molecule has 0 spiro atoms. The number of nitrogens with one attached hydrogen (secondary N) is 1. The van der Waals surface area contributed by atoms with Crippen molar-refractivity contribution in [3.63, 3.8) is 0 Å². The van der Waals surface area contributed by atoms with Crippen molar-refractivity contribution in [3.8, 4) is 0 Å². The monoisotopic (exact) mass is 262 g/mol. The second-order valence-electron chi connectivity index (χ2n) is 3.85. The van der Waals surface area contributed by atoms with Crippen LogP contribution in [-0.2, 0) is 6.54 Å². The first kappa shape index (κ1) is 14.2. The predicted octanol–water partition coefficient (Wildman–Crippen LogP) is 2.74. The number of carbonyl (C=O) groups is 1. The molecule has 0 saturated heterocycles. The van der Waals surface area contributed by atoms with Crippen molar-refractivity contribution in [1.29, 1.82) is 0 Å². The van der Waals surface area contributed by atoms with Crippen LogP contribution >= 0.6 is 12.4 Å². The van der Waals surface area contributed by atoms with Gasteiger partial charge in [-0.2, -0.15) is 0 Å². The van der Waals surface area contributed by atoms with E-state index in [2.05, 4.69) is 10.3 Å². The first-order chi connectivity index (χ1) is 8.27. The largest absolute Gasteiger partial charge is 0.348 e. The lowest BCUT2D eigenvalue weighted by Crippen LogP contribution is -2.23. The number of amides is 1. The number of nitrogens with zero attached hydrogens (tertiary/aromatic N) is 1. The number of halogens is 1. The van der Waals surface area contributed by atoms with Gasteiger partial charge in [-0.25, -0.2) is 0 Å². The van der Waals surface area contributed by atoms with Gasteiger partial charge in [0, 0.05) is 18.9 Å². The van der Waals surface area contributed by atoms with Gasteiger partial charge in [0.2, 0.25) is 0 Å². The van der Waals surface area contributed by atoms with Gasteiger partial charge < -0.3 is 5.32 Å². The Morgan fingerprint density at radius 1 is 1.22 bits per heavy atom. The lowest BCUT2D eigenvalue weighted by atomic mass is 10.1. The summed E-state index contributed by atoms with van der Waals surface area (Å²) in [5.74, 6) is -0.0960. The summed E-state index contributed by atoms with van der Waals surface area (Å²) >= 11 is 0. The maximum atomic E-state index is 11.8. The molecule has 18 heavy (non-hydrogen) atoms. The Hall–Kier alpha value is -1.87. The van der Waals surface area contributed by atoms with Crippen LogP contribution in [-0.4, -0.2) is 10.9 Å². The summed E-state index contributed by atoms with van der Waals surface area (Å²) in [6.45, 7) is 2.58. The number of hydrogen-bond donors (Lipinski definition) is 1. The summed E-state index contributed by atoms with van der Waals surface area (Å²) in [5, 5.41) is 2.88. The van der Waals surface area contributed by atoms with Crippen LogP contribution in [0.3, 0.4) is 0 Å². The molecule has 1 heterocycles. The van der Waals surface area contributed by atoms with E-state index in [0.29, 0.717) is 12.1 Å². The number of rotatable bonds is 3. The number of pyridine rings is 1. The molecule has 0 fully saturated rings. The van der Waals surface area contributed by atoms with E-state index in [0.717, 1.165) is 5.56 Å². The summed E-state index contributed by atoms with van der Waals surface area (Å²) in [4.78, 5) is 15.7. The molecular weight excluding hydrogens is 248 g/mol. The van der Waals surface area contributed by atoms with Crippen LogP contribution in [0.5, 0.6) is 0 Å². The average molecular weight is 263 g/mol. The Kier molecular flexibility index (Phi) is 5.33. The molecule has 0 bridgehead atoms. The van der Waals surface area contributed by atoms with Gasteiger partial charge in [0.15, 0.2) is 0 Å². The maximum Gasteiger partial charge on any atom is 0.253 e. The molecule has 94 valence electrons. The van der Waals surface area contributed by atoms with Crippen molar-refractivity contribution in [3.05, 3.63) is 65.5 Å². The molecule has 0 radical (unpaired) electrons. The van der Waals surface area contributed by atoms with Gasteiger partial charge in [-0.1, -0.05) is 24.3 Å². The third-order valence-corrected chi connectivity index (χ3v) is 2.62. The molecule has 0 aliphatic heterocycles. The van der Waals surface area contributed by atoms with E-state index in [-0.39, 0.29) is 18.3 Å². The van der Waals surface area contributed by atoms with Gasteiger partial charge in [0.25, 0.3) is 5.91 Å². The highest BCUT2D eigenvalue weighted by Gasteiger charge is 2.05. The van der Waals surface area contributed by atoms with Gasteiger partial charge >= 0.3 is 0 Å². The van der Waals surface area contributed by atoms with E-state index in [1.165, 1.54) is 5.56 Å². The number of benzene rings is 1. The Morgan fingerprint density at radius 2 is 2.00 bits per heavy atom. The molecule has 0 aliphatic carbocycles. The highest BCUT2D eigenvalue weighted by Crippen LogP contribution is 2.06. The maximum absolute atomic E-state index is 11.8. The quantitative estimate of drug-likeness (QED) is 0.924. The molecule has 2 rings (SSSR count). The van der Waals surface area contributed by atoms with Crippen LogP contribution in [0, 0.1) is 6.92 Å². The lowest BCUT2D eigenvalue weighted by Gasteiger charge is -2.07. The molecule has 3 nitrogen and oxygen atoms in total. The number of aryl methyl sites for hydroxylation is 1. The molecular formula is C14H15ClN2O. The third-order valence-electron chi connectivity index (χ3n) is 2.62. The Labute approximate surface area is 113 Å². The fraction of sp³-hybridized carbons (Fsp3) is 0.143. The molecule has 1 aromatic heterocycles. The SMILES string of the molecule is Cc1ccccc1CNC(=O)c1cccnc1.Cl. The molecule has 0 unspecified atom stereocenters. The molecule has 0 saturated carbocycles. The zero-order valence-electron chi connectivity index (χ0n) is 10.1. The number of aromatic nitrogens is 1. The average Bonchev–Trinajstić information content (AvgIpc) is 2.38. The van der Waals surface area contributed by atoms with E-state index in [9.17, 15) is 4.79 Å². The van der Waals surface area contributed by atoms with Gasteiger partial charge in [0.1, 0.15) is 0 Å². The van der Waals surface area contributed by atoms with Crippen molar-refractivity contribution in [2.24, 2.45) is 0 Å². The van der Waals surface area contributed by atoms with E-state index in [1.807, 2.05) is 31.2 Å². The van der Waals surface area contributed by atoms with Crippen LogP contribution in [0.4, 0.5) is 0 Å². The summed E-state index contributed by atoms with van der Waals surface area (Å²) in [7, 11) is 0. The standard InChI is InChI=1S/C14H14N2O.ClH/c1-11-5-2-3-6-12(11)10-16-14(17)13-7-4-8-15-9-13;/h2-9H,10H2,1H3,(H,16,17);1H. The Morgan fingerprint density at radius 3 is 2.67 bits per heavy atom. The zero-order chi connectivity index (χ0) is 12.1. The molecule has 0 atom stereocenters. The first-order valence-corrected chi connectivity index (χ1v) is 5.50. The molecule has 1 N–H and O–H groups in total. The molecule has 2 aromatic rings. The summed E-state index contributed by atoms with van der Waals surface area (Å²) in [6.07, 6.45) is 3.21. The van der Waals surface area contributed by atoms with Crippen LogP contribution in [0.1, 0.15) is 21.5 Å². The van der Waals surface area contributed by atoms with Gasteiger partial charge in [-0.3, -0.25) is 9.78 Å². The van der Waals surface area contributed by atoms with Crippen LogP contribution in [0.25, 0.3) is 0 Å². The summed E-state index contributed by atoms with van der Waals surface area (Å²) in [5.41, 5.74) is 2.89. The predicted molar refractivity (Wildman–Crippen MR) is 73.8 cm³/mol. The second-order valence-corrected chi connectivity index (χ2v) is 3.85. The smallest absolute Gasteiger partial charge is 0.253 e. The normalized spacial score (nSPS) is 9.39. The minimum absolute atomic E-state index is 0. The van der Waals surface area contributed by atoms with Crippen LogP contribution < -0.4 is 5.32 Å². The van der Waals surface area contributed by atoms with Crippen molar-refractivity contribution in [1.82, 2.24) is 10.3 Å². The van der Waals surface area contributed by atoms with Crippen molar-refractivity contribution < 1.29 is 4.79 Å². The van der Waals surface area contributed by atoms with Crippen LogP contribution in [0.15, 0.2) is 48.8 Å². The van der Waals surface area contributed by atoms with Crippen LogP contribution in [0.2, 0.25) is 0 Å². The van der Waals surface area contributed by atoms with Gasteiger partial charge in [0.05, 0.1) is 5.56 Å². The summed E-state index contributed by atoms with van der Waals surface area (Å²) < 4.78 is 0. The second kappa shape index (κ2) is 6.77. The molecule has 0 aliphatic rings. The van der Waals surface area contributed by atoms with E-state index < -0.39 is 0 Å². The minimum Gasteiger partial charge on any atom is -0.348 e.